The van der Waals surface area contributed by atoms with Crippen LogP contribution >= 0.6 is 0 Å². The predicted octanol–water partition coefficient (Wildman–Crippen LogP) is 2.24. The monoisotopic (exact) mass is 307 g/mol. The van der Waals surface area contributed by atoms with Gasteiger partial charge in [-0.15, -0.1) is 5.10 Å². The largest absolute Gasteiger partial charge is 0.287 e. The average molecular weight is 307 g/mol. The number of nitrogens with zero attached hydrogens (tertiary/aromatic N) is 3. The maximum Gasteiger partial charge on any atom is 0.216 e. The van der Waals surface area contributed by atoms with Gasteiger partial charge in [0.05, 0.1) is 6.54 Å². The van der Waals surface area contributed by atoms with Gasteiger partial charge in [-0.3, -0.25) is 9.59 Å². The van der Waals surface area contributed by atoms with E-state index in [1.165, 1.54) is 10.7 Å². The number of hydrogen-bond acceptors (Lipinski definition) is 4. The van der Waals surface area contributed by atoms with Crippen molar-refractivity contribution >= 4 is 11.6 Å². The second-order valence-electron chi connectivity index (χ2n) is 5.24. The number of hydrogen-bond donors (Lipinski definition) is 0. The number of carbonyl (C=O) groups excluding carboxylic acids is 2. The van der Waals surface area contributed by atoms with E-state index in [9.17, 15) is 14.0 Å². The smallest absolute Gasteiger partial charge is 0.216 e. The summed E-state index contributed by atoms with van der Waals surface area (Å²) in [5.74, 6) is -1.06. The Morgan fingerprint density at radius 1 is 0.913 bits per heavy atom. The molecule has 1 aliphatic rings. The molecule has 0 amide bonds. The molecule has 2 aromatic carbocycles. The molecule has 23 heavy (non-hydrogen) atoms. The second-order valence-corrected chi connectivity index (χ2v) is 5.24. The summed E-state index contributed by atoms with van der Waals surface area (Å²) in [6, 6.07) is 12.8. The predicted molar refractivity (Wildman–Crippen MR) is 78.8 cm³/mol. The Hall–Kier alpha value is -3.15. The highest BCUT2D eigenvalue weighted by molar-refractivity contribution is 6.26. The number of benzene rings is 2. The summed E-state index contributed by atoms with van der Waals surface area (Å²) in [5, 5.41) is 7.71. The Morgan fingerprint density at radius 3 is 2.30 bits per heavy atom. The third kappa shape index (κ3) is 1.99. The summed E-state index contributed by atoms with van der Waals surface area (Å²) in [7, 11) is 0. The highest BCUT2D eigenvalue weighted by atomic mass is 19.1. The lowest BCUT2D eigenvalue weighted by molar-refractivity contribution is 0.0971. The molecule has 1 aromatic heterocycles. The van der Waals surface area contributed by atoms with E-state index in [0.29, 0.717) is 16.7 Å². The number of carbonyl (C=O) groups is 2. The van der Waals surface area contributed by atoms with E-state index >= 15 is 0 Å². The van der Waals surface area contributed by atoms with Crippen molar-refractivity contribution in [3.63, 3.8) is 0 Å². The van der Waals surface area contributed by atoms with Crippen molar-refractivity contribution in [2.75, 3.05) is 0 Å². The van der Waals surface area contributed by atoms with Crippen LogP contribution in [0.3, 0.4) is 0 Å². The van der Waals surface area contributed by atoms with Gasteiger partial charge in [-0.1, -0.05) is 47.7 Å². The average Bonchev–Trinajstić information content (AvgIpc) is 2.99. The van der Waals surface area contributed by atoms with E-state index in [0.717, 1.165) is 0 Å². The van der Waals surface area contributed by atoms with Crippen molar-refractivity contribution in [1.82, 2.24) is 15.0 Å². The summed E-state index contributed by atoms with van der Waals surface area (Å²) in [6.45, 7) is 0.0379. The van der Waals surface area contributed by atoms with E-state index in [4.69, 9.17) is 0 Å². The summed E-state index contributed by atoms with van der Waals surface area (Å²) in [5.41, 5.74) is 1.14. The molecule has 0 unspecified atom stereocenters. The highest BCUT2D eigenvalue weighted by Gasteiger charge is 2.34. The SMILES string of the molecule is O=C1c2ccccc2C(=O)c2c1nnn2Cc1ccccc1F. The lowest BCUT2D eigenvalue weighted by Crippen LogP contribution is -2.23. The molecule has 0 bridgehead atoms. The van der Waals surface area contributed by atoms with Crippen LogP contribution in [0, 0.1) is 5.82 Å². The maximum absolute atomic E-state index is 13.8. The van der Waals surface area contributed by atoms with Crippen LogP contribution in [0.5, 0.6) is 0 Å². The summed E-state index contributed by atoms with van der Waals surface area (Å²) in [4.78, 5) is 25.1. The van der Waals surface area contributed by atoms with Gasteiger partial charge in [-0.2, -0.15) is 0 Å². The van der Waals surface area contributed by atoms with Crippen molar-refractivity contribution < 1.29 is 14.0 Å². The van der Waals surface area contributed by atoms with Gasteiger partial charge in [0, 0.05) is 16.7 Å². The molecule has 0 saturated carbocycles. The van der Waals surface area contributed by atoms with Crippen LogP contribution in [-0.2, 0) is 6.54 Å². The molecular formula is C17H10FN3O2. The molecule has 4 rings (SSSR count). The quantitative estimate of drug-likeness (QED) is 0.570. The zero-order valence-electron chi connectivity index (χ0n) is 11.9. The minimum absolute atomic E-state index is 0.0186. The van der Waals surface area contributed by atoms with Crippen LogP contribution < -0.4 is 0 Å². The number of rotatable bonds is 2. The summed E-state index contributed by atoms with van der Waals surface area (Å²) >= 11 is 0. The normalized spacial score (nSPS) is 12.9. The third-order valence-corrected chi connectivity index (χ3v) is 3.86. The van der Waals surface area contributed by atoms with Gasteiger partial charge in [0.2, 0.25) is 11.6 Å². The van der Waals surface area contributed by atoms with Crippen LogP contribution in [0.2, 0.25) is 0 Å². The molecule has 0 saturated heterocycles. The van der Waals surface area contributed by atoms with Crippen LogP contribution in [0.4, 0.5) is 4.39 Å². The second kappa shape index (κ2) is 4.95. The fourth-order valence-electron chi connectivity index (χ4n) is 2.72. The van der Waals surface area contributed by atoms with Gasteiger partial charge in [0.15, 0.2) is 5.69 Å². The lowest BCUT2D eigenvalue weighted by Gasteiger charge is -2.14. The van der Waals surface area contributed by atoms with E-state index in [2.05, 4.69) is 10.3 Å². The zero-order valence-corrected chi connectivity index (χ0v) is 11.9. The minimum atomic E-state index is -0.397. The molecular weight excluding hydrogens is 297 g/mol. The van der Waals surface area contributed by atoms with Gasteiger partial charge in [0.25, 0.3) is 0 Å². The lowest BCUT2D eigenvalue weighted by atomic mass is 9.90. The summed E-state index contributed by atoms with van der Waals surface area (Å²) < 4.78 is 15.1. The van der Waals surface area contributed by atoms with Gasteiger partial charge in [-0.05, 0) is 6.07 Å². The van der Waals surface area contributed by atoms with E-state index in [1.807, 2.05) is 0 Å². The van der Waals surface area contributed by atoms with E-state index in [1.54, 1.807) is 42.5 Å². The molecule has 0 aliphatic heterocycles. The standard InChI is InChI=1S/C17H10FN3O2/c18-13-8-4-1-5-10(13)9-21-15-14(19-20-21)16(22)11-6-2-3-7-12(11)17(15)23/h1-8H,9H2. The van der Waals surface area contributed by atoms with Crippen LogP contribution in [-0.4, -0.2) is 26.6 Å². The van der Waals surface area contributed by atoms with E-state index < -0.39 is 5.82 Å². The molecule has 0 fully saturated rings. The fourth-order valence-corrected chi connectivity index (χ4v) is 2.72. The molecule has 112 valence electrons. The van der Waals surface area contributed by atoms with E-state index in [-0.39, 0.29) is 29.5 Å². The first-order valence-electron chi connectivity index (χ1n) is 7.02. The molecule has 0 atom stereocenters. The molecule has 0 N–H and O–H groups in total. The highest BCUT2D eigenvalue weighted by Crippen LogP contribution is 2.26. The first-order chi connectivity index (χ1) is 11.2. The fraction of sp³-hybridized carbons (Fsp3) is 0.0588. The van der Waals surface area contributed by atoms with Crippen molar-refractivity contribution in [2.45, 2.75) is 6.54 Å². The summed E-state index contributed by atoms with van der Waals surface area (Å²) in [6.07, 6.45) is 0. The van der Waals surface area contributed by atoms with Gasteiger partial charge < -0.3 is 0 Å². The first-order valence-corrected chi connectivity index (χ1v) is 7.02. The van der Waals surface area contributed by atoms with Crippen LogP contribution in [0.1, 0.15) is 37.7 Å². The molecule has 0 radical (unpaired) electrons. The number of halogens is 1. The minimum Gasteiger partial charge on any atom is -0.287 e. The molecule has 3 aromatic rings. The van der Waals surface area contributed by atoms with Gasteiger partial charge in [-0.25, -0.2) is 9.07 Å². The number of fused-ring (bicyclic) bond motifs is 2. The number of ketones is 2. The first kappa shape index (κ1) is 13.5. The molecule has 5 nitrogen and oxygen atoms in total. The van der Waals surface area contributed by atoms with Crippen molar-refractivity contribution in [1.29, 1.82) is 0 Å². The Morgan fingerprint density at radius 2 is 1.57 bits per heavy atom. The van der Waals surface area contributed by atoms with Crippen molar-refractivity contribution in [2.24, 2.45) is 0 Å². The number of aromatic nitrogens is 3. The Balaban J connectivity index is 1.83. The van der Waals surface area contributed by atoms with Crippen LogP contribution in [0.15, 0.2) is 48.5 Å². The Kier molecular flexibility index (Phi) is 2.90. The third-order valence-electron chi connectivity index (χ3n) is 3.86. The van der Waals surface area contributed by atoms with Crippen molar-refractivity contribution in [3.05, 3.63) is 82.4 Å². The molecule has 1 heterocycles. The zero-order chi connectivity index (χ0) is 16.0. The van der Waals surface area contributed by atoms with Crippen LogP contribution in [0.25, 0.3) is 0 Å². The van der Waals surface area contributed by atoms with Crippen molar-refractivity contribution in [3.8, 4) is 0 Å². The molecule has 1 aliphatic carbocycles. The van der Waals surface area contributed by atoms with Gasteiger partial charge >= 0.3 is 0 Å². The molecule has 6 heteroatoms. The Bertz CT molecular complexity index is 962. The Labute approximate surface area is 130 Å². The maximum atomic E-state index is 13.8. The molecule has 0 spiro atoms. The topological polar surface area (TPSA) is 64.8 Å². The van der Waals surface area contributed by atoms with Gasteiger partial charge in [0.1, 0.15) is 11.5 Å².